The molecule has 0 atom stereocenters. The molecule has 13 aromatic rings. The fourth-order valence-corrected chi connectivity index (χ4v) is 11.4. The molecule has 0 fully saturated rings. The Bertz CT molecular complexity index is 4200. The molecular formula is C76H55N4OPt-3. The third-order valence-corrected chi connectivity index (χ3v) is 15.5. The maximum atomic E-state index is 6.80. The fourth-order valence-electron chi connectivity index (χ4n) is 11.4. The first-order valence-corrected chi connectivity index (χ1v) is 27.6. The molecule has 1 aliphatic heterocycles. The summed E-state index contributed by atoms with van der Waals surface area (Å²) in [6.07, 6.45) is 1.90. The predicted molar refractivity (Wildman–Crippen MR) is 336 cm³/mol. The second-order valence-corrected chi connectivity index (χ2v) is 21.7. The van der Waals surface area contributed by atoms with E-state index >= 15 is 0 Å². The van der Waals surface area contributed by atoms with Crippen molar-refractivity contribution < 1.29 is 25.8 Å². The smallest absolute Gasteiger partial charge is 0.135 e. The van der Waals surface area contributed by atoms with Crippen LogP contribution in [0, 0.1) is 18.8 Å². The molecule has 0 saturated carbocycles. The number of nitrogens with zero attached hydrogens (tertiary/aromatic N) is 4. The summed E-state index contributed by atoms with van der Waals surface area (Å²) in [7, 11) is 0. The van der Waals surface area contributed by atoms with E-state index in [-0.39, 0.29) is 26.5 Å². The van der Waals surface area contributed by atoms with Crippen molar-refractivity contribution in [2.75, 3.05) is 9.80 Å². The van der Waals surface area contributed by atoms with Crippen LogP contribution in [0.15, 0.2) is 273 Å². The van der Waals surface area contributed by atoms with E-state index < -0.39 is 0 Å². The van der Waals surface area contributed by atoms with Crippen LogP contribution in [0.2, 0.25) is 0 Å². The van der Waals surface area contributed by atoms with Crippen LogP contribution in [0.3, 0.4) is 0 Å². The van der Waals surface area contributed by atoms with Crippen molar-refractivity contribution in [3.63, 3.8) is 0 Å². The zero-order valence-corrected chi connectivity index (χ0v) is 47.8. The molecule has 82 heavy (non-hydrogen) atoms. The van der Waals surface area contributed by atoms with Crippen LogP contribution in [0.5, 0.6) is 11.5 Å². The van der Waals surface area contributed by atoms with Gasteiger partial charge < -0.3 is 19.1 Å². The molecule has 11 aromatic carbocycles. The number of fused-ring (bicyclic) bond motifs is 4. The van der Waals surface area contributed by atoms with Crippen molar-refractivity contribution in [2.45, 2.75) is 26.2 Å². The van der Waals surface area contributed by atoms with Crippen molar-refractivity contribution >= 4 is 44.6 Å². The number of hydrogen-bond donors (Lipinski definition) is 0. The second-order valence-electron chi connectivity index (χ2n) is 21.7. The Morgan fingerprint density at radius 1 is 0.402 bits per heavy atom. The van der Waals surface area contributed by atoms with Gasteiger partial charge in [-0.3, -0.25) is 0 Å². The first-order valence-electron chi connectivity index (χ1n) is 27.6. The first kappa shape index (κ1) is 51.9. The van der Waals surface area contributed by atoms with Crippen molar-refractivity contribution in [2.24, 2.45) is 0 Å². The normalized spacial score (nSPS) is 12.1. The number of pyridine rings is 1. The molecule has 0 radical (unpaired) electrons. The first-order chi connectivity index (χ1) is 39.8. The molecule has 0 saturated heterocycles. The Hall–Kier alpha value is -9.54. The SMILES string of the molecule is CC(C)(C)c1ccnc(-n2c3[c-]c(Oc4[c-]c(N5[CH-]N(c6c(-c7cc(-c8ccccc8)cc(-c8ccccc8)c7)cccc6-c6cc(-c7ccccc7)cc(-c7ccccc7)c6)c6ccccc65)ccc4)ccc3c3ccccc32)c1.[Pt]. The number of anilines is 4. The molecule has 14 rings (SSSR count). The number of ether oxygens (including phenoxy) is 1. The van der Waals surface area contributed by atoms with Crippen molar-refractivity contribution in [3.05, 3.63) is 297 Å². The molecule has 6 heteroatoms. The maximum Gasteiger partial charge on any atom is 0.135 e. The van der Waals surface area contributed by atoms with Crippen molar-refractivity contribution in [3.8, 4) is 84.1 Å². The Morgan fingerprint density at radius 3 is 1.43 bits per heavy atom. The van der Waals surface area contributed by atoms with E-state index in [1.807, 2.05) is 24.4 Å². The summed E-state index contributed by atoms with van der Waals surface area (Å²) in [6, 6.07) is 103. The van der Waals surface area contributed by atoms with Gasteiger partial charge in [0.1, 0.15) is 5.82 Å². The van der Waals surface area contributed by atoms with E-state index in [0.717, 1.165) is 117 Å². The van der Waals surface area contributed by atoms with Crippen LogP contribution in [0.25, 0.3) is 94.4 Å². The summed E-state index contributed by atoms with van der Waals surface area (Å²) in [4.78, 5) is 9.51. The number of hydrogen-bond acceptors (Lipinski definition) is 4. The molecule has 0 N–H and O–H groups in total. The van der Waals surface area contributed by atoms with Crippen molar-refractivity contribution in [1.29, 1.82) is 0 Å². The monoisotopic (exact) mass is 1230 g/mol. The Morgan fingerprint density at radius 2 is 0.878 bits per heavy atom. The standard InChI is InChI=1S/C76H55N4O.Pt/c1-76(2,3)62-40-41-77-74(48-62)80-70-35-17-16-32-68(70)69-39-38-65(50-73(69)80)81-64-31-20-30-63(49-64)78-51-79(72-37-19-18-36-71(72)78)75-66(60-44-56(52-22-8-4-9-23-52)42-57(45-60)53-24-10-5-11-25-53)33-21-34-67(75)61-46-58(54-26-12-6-13-27-54)43-59(47-61)55-28-14-7-15-29-55;/h4-48,51H,1-3H3;/q-3;. The van der Waals surface area contributed by atoms with Gasteiger partial charge in [-0.1, -0.05) is 196 Å². The van der Waals surface area contributed by atoms with E-state index in [1.165, 1.54) is 5.56 Å². The Kier molecular flexibility index (Phi) is 13.8. The Balaban J connectivity index is 0.00000631. The minimum Gasteiger partial charge on any atom is -0.509 e. The Labute approximate surface area is 494 Å². The van der Waals surface area contributed by atoms with Crippen LogP contribution >= 0.6 is 0 Å². The topological polar surface area (TPSA) is 33.5 Å². The number of rotatable bonds is 11. The molecule has 398 valence electrons. The van der Waals surface area contributed by atoms with Gasteiger partial charge in [-0.2, -0.15) is 12.1 Å². The predicted octanol–water partition coefficient (Wildman–Crippen LogP) is 20.3. The molecule has 0 spiro atoms. The van der Waals surface area contributed by atoms with Crippen LogP contribution < -0.4 is 14.5 Å². The third-order valence-electron chi connectivity index (χ3n) is 15.5. The van der Waals surface area contributed by atoms with Crippen LogP contribution in [0.1, 0.15) is 26.3 Å². The maximum absolute atomic E-state index is 6.80. The van der Waals surface area contributed by atoms with Gasteiger partial charge in [-0.15, -0.1) is 48.1 Å². The minimum atomic E-state index is -0.0482. The molecule has 0 aliphatic carbocycles. The van der Waals surface area contributed by atoms with Gasteiger partial charge in [0, 0.05) is 72.5 Å². The molecule has 5 nitrogen and oxygen atoms in total. The van der Waals surface area contributed by atoms with Crippen LogP contribution in [-0.2, 0) is 26.5 Å². The second kappa shape index (κ2) is 21.8. The molecule has 0 unspecified atom stereocenters. The summed E-state index contributed by atoms with van der Waals surface area (Å²) in [6.45, 7) is 8.91. The molecular weight excluding hydrogens is 1180 g/mol. The number of aromatic nitrogens is 2. The summed E-state index contributed by atoms with van der Waals surface area (Å²) < 4.78 is 9.00. The minimum absolute atomic E-state index is 0. The van der Waals surface area contributed by atoms with Gasteiger partial charge in [0.25, 0.3) is 0 Å². The summed E-state index contributed by atoms with van der Waals surface area (Å²) in [5.41, 5.74) is 20.6. The fraction of sp³-hybridized carbons (Fsp3) is 0.0526. The molecule has 0 amide bonds. The van der Waals surface area contributed by atoms with Crippen LogP contribution in [0.4, 0.5) is 22.7 Å². The summed E-state index contributed by atoms with van der Waals surface area (Å²) >= 11 is 0. The quantitative estimate of drug-likeness (QED) is 0.121. The molecule has 0 bridgehead atoms. The van der Waals surface area contributed by atoms with Gasteiger partial charge >= 0.3 is 0 Å². The molecule has 1 aliphatic rings. The van der Waals surface area contributed by atoms with E-state index in [4.69, 9.17) is 9.72 Å². The van der Waals surface area contributed by atoms with Crippen molar-refractivity contribution in [1.82, 2.24) is 9.55 Å². The number of para-hydroxylation sites is 4. The van der Waals surface area contributed by atoms with Crippen LogP contribution in [-0.4, -0.2) is 9.55 Å². The van der Waals surface area contributed by atoms with Gasteiger partial charge in [-0.25, -0.2) is 4.98 Å². The zero-order valence-electron chi connectivity index (χ0n) is 45.6. The van der Waals surface area contributed by atoms with E-state index in [2.05, 4.69) is 303 Å². The summed E-state index contributed by atoms with van der Waals surface area (Å²) in [5.74, 6) is 1.99. The van der Waals surface area contributed by atoms with E-state index in [9.17, 15) is 0 Å². The largest absolute Gasteiger partial charge is 0.509 e. The van der Waals surface area contributed by atoms with E-state index in [1.54, 1.807) is 0 Å². The molecule has 3 heterocycles. The average Bonchev–Trinajstić information content (AvgIpc) is 3.03. The van der Waals surface area contributed by atoms with E-state index in [0.29, 0.717) is 11.5 Å². The average molecular weight is 1240 g/mol. The summed E-state index contributed by atoms with van der Waals surface area (Å²) in [5, 5.41) is 2.21. The van der Waals surface area contributed by atoms with Gasteiger partial charge in [0.15, 0.2) is 0 Å². The van der Waals surface area contributed by atoms with Gasteiger partial charge in [-0.05, 0) is 139 Å². The van der Waals surface area contributed by atoms with Gasteiger partial charge in [0.05, 0.1) is 0 Å². The van der Waals surface area contributed by atoms with Gasteiger partial charge in [0.2, 0.25) is 0 Å². The number of benzene rings is 11. The molecule has 2 aromatic heterocycles. The zero-order chi connectivity index (χ0) is 54.4. The third kappa shape index (κ3) is 9.88.